The predicted molar refractivity (Wildman–Crippen MR) is 91.8 cm³/mol. The molecule has 0 fully saturated rings. The van der Waals surface area contributed by atoms with E-state index in [0.717, 1.165) is 5.56 Å². The van der Waals surface area contributed by atoms with Crippen molar-refractivity contribution in [1.29, 1.82) is 0 Å². The number of hydrazine groups is 1. The highest BCUT2D eigenvalue weighted by molar-refractivity contribution is 5.96. The van der Waals surface area contributed by atoms with Crippen LogP contribution >= 0.6 is 0 Å². The summed E-state index contributed by atoms with van der Waals surface area (Å²) in [5, 5.41) is 0. The Morgan fingerprint density at radius 3 is 2.20 bits per heavy atom. The predicted octanol–water partition coefficient (Wildman–Crippen LogP) is 1.85. The van der Waals surface area contributed by atoms with Gasteiger partial charge in [0, 0.05) is 11.6 Å². The van der Waals surface area contributed by atoms with E-state index >= 15 is 0 Å². The van der Waals surface area contributed by atoms with Crippen molar-refractivity contribution < 1.29 is 23.8 Å². The van der Waals surface area contributed by atoms with E-state index in [1.807, 2.05) is 25.1 Å². The average molecular weight is 344 g/mol. The van der Waals surface area contributed by atoms with Crippen LogP contribution in [0.2, 0.25) is 0 Å². The highest BCUT2D eigenvalue weighted by Crippen LogP contribution is 2.22. The number of ether oxygens (including phenoxy) is 3. The summed E-state index contributed by atoms with van der Waals surface area (Å²) < 4.78 is 15.6. The van der Waals surface area contributed by atoms with Crippen molar-refractivity contribution in [1.82, 2.24) is 10.9 Å². The molecular formula is C18H20N2O5. The summed E-state index contributed by atoms with van der Waals surface area (Å²) in [5.74, 6) is 0.544. The SMILES string of the molecule is COc1cc(OC)cc(C(=O)NNC(=O)COc2cccc(C)c2)c1. The van der Waals surface area contributed by atoms with Gasteiger partial charge in [-0.05, 0) is 36.8 Å². The molecular weight excluding hydrogens is 324 g/mol. The Morgan fingerprint density at radius 1 is 0.920 bits per heavy atom. The minimum Gasteiger partial charge on any atom is -0.497 e. The van der Waals surface area contributed by atoms with Crippen molar-refractivity contribution in [3.63, 3.8) is 0 Å². The minimum absolute atomic E-state index is 0.217. The molecule has 7 nitrogen and oxygen atoms in total. The molecule has 0 spiro atoms. The number of nitrogens with one attached hydrogen (secondary N) is 2. The van der Waals surface area contributed by atoms with Crippen LogP contribution in [0.25, 0.3) is 0 Å². The molecule has 2 N–H and O–H groups in total. The molecule has 2 aromatic carbocycles. The fourth-order valence-corrected chi connectivity index (χ4v) is 2.03. The summed E-state index contributed by atoms with van der Waals surface area (Å²) >= 11 is 0. The van der Waals surface area contributed by atoms with E-state index in [4.69, 9.17) is 14.2 Å². The van der Waals surface area contributed by atoms with E-state index in [1.165, 1.54) is 26.4 Å². The number of benzene rings is 2. The Labute approximate surface area is 145 Å². The number of aryl methyl sites for hydroxylation is 1. The number of carbonyl (C=O) groups excluding carboxylic acids is 2. The molecule has 132 valence electrons. The fourth-order valence-electron chi connectivity index (χ4n) is 2.03. The van der Waals surface area contributed by atoms with E-state index in [-0.39, 0.29) is 12.2 Å². The summed E-state index contributed by atoms with van der Waals surface area (Å²) in [5.41, 5.74) is 5.93. The molecule has 0 aliphatic rings. The molecule has 0 saturated carbocycles. The van der Waals surface area contributed by atoms with E-state index in [1.54, 1.807) is 12.1 Å². The molecule has 0 aliphatic carbocycles. The first-order valence-electron chi connectivity index (χ1n) is 7.53. The highest BCUT2D eigenvalue weighted by Gasteiger charge is 2.11. The Morgan fingerprint density at radius 2 is 1.60 bits per heavy atom. The van der Waals surface area contributed by atoms with Crippen molar-refractivity contribution in [2.45, 2.75) is 6.92 Å². The summed E-state index contributed by atoms with van der Waals surface area (Å²) in [6.07, 6.45) is 0. The van der Waals surface area contributed by atoms with Crippen molar-refractivity contribution in [3.8, 4) is 17.2 Å². The van der Waals surface area contributed by atoms with Gasteiger partial charge in [0.25, 0.3) is 11.8 Å². The summed E-state index contributed by atoms with van der Waals surface area (Å²) in [7, 11) is 2.97. The van der Waals surface area contributed by atoms with Crippen LogP contribution in [0.4, 0.5) is 0 Å². The number of rotatable bonds is 6. The van der Waals surface area contributed by atoms with Gasteiger partial charge in [-0.1, -0.05) is 12.1 Å². The third kappa shape index (κ3) is 5.42. The van der Waals surface area contributed by atoms with E-state index in [2.05, 4.69) is 10.9 Å². The van der Waals surface area contributed by atoms with Gasteiger partial charge in [0.1, 0.15) is 17.2 Å². The lowest BCUT2D eigenvalue weighted by Crippen LogP contribution is -2.43. The van der Waals surface area contributed by atoms with Crippen molar-refractivity contribution in [2.75, 3.05) is 20.8 Å². The van der Waals surface area contributed by atoms with Gasteiger partial charge in [-0.25, -0.2) is 0 Å². The zero-order valence-electron chi connectivity index (χ0n) is 14.3. The van der Waals surface area contributed by atoms with Gasteiger partial charge in [0.2, 0.25) is 0 Å². The number of amides is 2. The van der Waals surface area contributed by atoms with Crippen LogP contribution in [0.3, 0.4) is 0 Å². The van der Waals surface area contributed by atoms with Crippen molar-refractivity contribution in [2.24, 2.45) is 0 Å². The first-order valence-corrected chi connectivity index (χ1v) is 7.53. The molecule has 0 aliphatic heterocycles. The third-order valence-electron chi connectivity index (χ3n) is 3.29. The molecule has 0 aromatic heterocycles. The molecule has 0 unspecified atom stereocenters. The molecule has 0 bridgehead atoms. The summed E-state index contributed by atoms with van der Waals surface area (Å²) in [4.78, 5) is 23.9. The van der Waals surface area contributed by atoms with Crippen LogP contribution in [0.1, 0.15) is 15.9 Å². The van der Waals surface area contributed by atoms with Gasteiger partial charge in [0.15, 0.2) is 6.61 Å². The van der Waals surface area contributed by atoms with Gasteiger partial charge >= 0.3 is 0 Å². The van der Waals surface area contributed by atoms with Gasteiger partial charge in [-0.15, -0.1) is 0 Å². The Bertz CT molecular complexity index is 739. The Hall–Kier alpha value is -3.22. The second-order valence-corrected chi connectivity index (χ2v) is 5.21. The monoisotopic (exact) mass is 344 g/mol. The maximum absolute atomic E-state index is 12.1. The number of hydrogen-bond acceptors (Lipinski definition) is 5. The van der Waals surface area contributed by atoms with Gasteiger partial charge in [-0.2, -0.15) is 0 Å². The topological polar surface area (TPSA) is 85.9 Å². The third-order valence-corrected chi connectivity index (χ3v) is 3.29. The van der Waals surface area contributed by atoms with Crippen LogP contribution in [-0.4, -0.2) is 32.6 Å². The molecule has 2 aromatic rings. The maximum Gasteiger partial charge on any atom is 0.276 e. The molecule has 2 rings (SSSR count). The van der Waals surface area contributed by atoms with E-state index < -0.39 is 11.8 Å². The van der Waals surface area contributed by atoms with E-state index in [9.17, 15) is 9.59 Å². The van der Waals surface area contributed by atoms with Crippen molar-refractivity contribution >= 4 is 11.8 Å². The Balaban J connectivity index is 1.87. The number of carbonyl (C=O) groups is 2. The molecule has 0 radical (unpaired) electrons. The molecule has 0 heterocycles. The molecule has 0 saturated heterocycles. The lowest BCUT2D eigenvalue weighted by molar-refractivity contribution is -0.123. The minimum atomic E-state index is -0.499. The van der Waals surface area contributed by atoms with Gasteiger partial charge in [-0.3, -0.25) is 20.4 Å². The first kappa shape index (κ1) is 18.1. The molecule has 2 amide bonds. The van der Waals surface area contributed by atoms with Crippen LogP contribution < -0.4 is 25.1 Å². The first-order chi connectivity index (χ1) is 12.0. The number of methoxy groups -OCH3 is 2. The normalized spacial score (nSPS) is 9.88. The van der Waals surface area contributed by atoms with Gasteiger partial charge in [0.05, 0.1) is 14.2 Å². The lowest BCUT2D eigenvalue weighted by Gasteiger charge is -2.11. The van der Waals surface area contributed by atoms with Crippen LogP contribution in [0.15, 0.2) is 42.5 Å². The second kappa shape index (κ2) is 8.58. The molecule has 7 heteroatoms. The average Bonchev–Trinajstić information content (AvgIpc) is 2.63. The second-order valence-electron chi connectivity index (χ2n) is 5.21. The van der Waals surface area contributed by atoms with Crippen LogP contribution in [0.5, 0.6) is 17.2 Å². The van der Waals surface area contributed by atoms with Crippen LogP contribution in [-0.2, 0) is 4.79 Å². The summed E-state index contributed by atoms with van der Waals surface area (Å²) in [6.45, 7) is 1.71. The van der Waals surface area contributed by atoms with Gasteiger partial charge < -0.3 is 14.2 Å². The quantitative estimate of drug-likeness (QED) is 0.781. The molecule has 25 heavy (non-hydrogen) atoms. The zero-order chi connectivity index (χ0) is 18.2. The fraction of sp³-hybridized carbons (Fsp3) is 0.222. The Kier molecular flexibility index (Phi) is 6.22. The van der Waals surface area contributed by atoms with E-state index in [0.29, 0.717) is 17.2 Å². The number of hydrogen-bond donors (Lipinski definition) is 2. The van der Waals surface area contributed by atoms with Crippen molar-refractivity contribution in [3.05, 3.63) is 53.6 Å². The standard InChI is InChI=1S/C18H20N2O5/c1-12-5-4-6-14(7-12)25-11-17(21)19-20-18(22)13-8-15(23-2)10-16(9-13)24-3/h4-10H,11H2,1-3H3,(H,19,21)(H,20,22). The smallest absolute Gasteiger partial charge is 0.276 e. The highest BCUT2D eigenvalue weighted by atomic mass is 16.5. The lowest BCUT2D eigenvalue weighted by atomic mass is 10.2. The van der Waals surface area contributed by atoms with Crippen LogP contribution in [0, 0.1) is 6.92 Å². The summed E-state index contributed by atoms with van der Waals surface area (Å²) in [6, 6.07) is 12.0. The maximum atomic E-state index is 12.1. The molecule has 0 atom stereocenters. The zero-order valence-corrected chi connectivity index (χ0v) is 14.3. The largest absolute Gasteiger partial charge is 0.497 e.